The molecule has 0 radical (unpaired) electrons. The Morgan fingerprint density at radius 3 is 2.40 bits per heavy atom. The lowest BCUT2D eigenvalue weighted by atomic mass is 9.93. The zero-order chi connectivity index (χ0) is 22.6. The Morgan fingerprint density at radius 2 is 1.90 bits per heavy atom. The van der Waals surface area contributed by atoms with E-state index in [4.69, 9.17) is 21.5 Å². The van der Waals surface area contributed by atoms with Crippen LogP contribution < -0.4 is 10.6 Å². The molecule has 0 aliphatic carbocycles. The molecule has 0 spiro atoms. The number of carbonyl (C=O) groups is 2. The number of thiophene rings is 1. The van der Waals surface area contributed by atoms with E-state index in [-0.39, 0.29) is 22.0 Å². The van der Waals surface area contributed by atoms with Crippen molar-refractivity contribution >= 4 is 51.4 Å². The number of rotatable bonds is 6. The first-order chi connectivity index (χ1) is 14.0. The Bertz CT molecular complexity index is 939. The van der Waals surface area contributed by atoms with E-state index in [1.807, 2.05) is 34.6 Å². The third-order valence-electron chi connectivity index (χ3n) is 4.50. The highest BCUT2D eigenvalue weighted by Crippen LogP contribution is 2.35. The summed E-state index contributed by atoms with van der Waals surface area (Å²) in [6.45, 7) is 12.7. The van der Waals surface area contributed by atoms with Crippen LogP contribution >= 0.6 is 23.6 Å². The van der Waals surface area contributed by atoms with Crippen LogP contribution in [0.15, 0.2) is 10.6 Å². The van der Waals surface area contributed by atoms with Crippen LogP contribution in [0.3, 0.4) is 0 Å². The Balaban J connectivity index is 2.30. The van der Waals surface area contributed by atoms with Gasteiger partial charge in [-0.05, 0) is 38.6 Å². The number of carbonyl (C=O) groups excluding carboxylic acids is 2. The second-order valence-electron chi connectivity index (χ2n) is 7.63. The molecule has 0 aliphatic rings. The standard InChI is InChI=1S/C20H28N4O4S2/c1-8-24(9-2)17(25)15-11(3)14(18(26)27-7)16(30-15)22-19(29)21-13-10-12(28-23-13)20(4,5)6/h10H,8-9H2,1-7H3,(H2,21,22,23,29). The molecule has 30 heavy (non-hydrogen) atoms. The molecular formula is C20H28N4O4S2. The fourth-order valence-electron chi connectivity index (χ4n) is 2.75. The number of nitrogens with zero attached hydrogens (tertiary/aromatic N) is 2. The molecule has 2 rings (SSSR count). The minimum atomic E-state index is -0.538. The predicted molar refractivity (Wildman–Crippen MR) is 123 cm³/mol. The van der Waals surface area contributed by atoms with E-state index in [1.165, 1.54) is 18.4 Å². The van der Waals surface area contributed by atoms with Crippen LogP contribution in [-0.4, -0.2) is 47.2 Å². The summed E-state index contributed by atoms with van der Waals surface area (Å²) in [5, 5.41) is 10.6. The number of thiocarbonyl (C=S) groups is 1. The highest BCUT2D eigenvalue weighted by Gasteiger charge is 2.28. The number of methoxy groups -OCH3 is 1. The molecule has 10 heteroatoms. The molecule has 2 aromatic rings. The van der Waals surface area contributed by atoms with Crippen molar-refractivity contribution in [2.45, 2.75) is 47.0 Å². The maximum atomic E-state index is 12.9. The summed E-state index contributed by atoms with van der Waals surface area (Å²) < 4.78 is 10.3. The van der Waals surface area contributed by atoms with Gasteiger partial charge in [0.05, 0.1) is 17.6 Å². The predicted octanol–water partition coefficient (Wildman–Crippen LogP) is 4.42. The number of hydrogen-bond donors (Lipinski definition) is 2. The third-order valence-corrected chi connectivity index (χ3v) is 5.90. The Kier molecular flexibility index (Phi) is 7.59. The molecule has 0 unspecified atom stereocenters. The van der Waals surface area contributed by atoms with Gasteiger partial charge in [-0.15, -0.1) is 11.3 Å². The Labute approximate surface area is 185 Å². The van der Waals surface area contributed by atoms with Crippen molar-refractivity contribution in [1.29, 1.82) is 0 Å². The van der Waals surface area contributed by atoms with Gasteiger partial charge < -0.3 is 24.8 Å². The van der Waals surface area contributed by atoms with Crippen molar-refractivity contribution in [3.05, 3.63) is 27.8 Å². The van der Waals surface area contributed by atoms with Gasteiger partial charge in [0.1, 0.15) is 10.8 Å². The summed E-state index contributed by atoms with van der Waals surface area (Å²) in [5.74, 6) is 0.488. The number of amides is 1. The van der Waals surface area contributed by atoms with Gasteiger partial charge in [0, 0.05) is 24.6 Å². The molecule has 0 aliphatic heterocycles. The number of ether oxygens (including phenoxy) is 1. The molecule has 0 bridgehead atoms. The van der Waals surface area contributed by atoms with Gasteiger partial charge in [0.25, 0.3) is 5.91 Å². The summed E-state index contributed by atoms with van der Waals surface area (Å²) in [6.07, 6.45) is 0. The summed E-state index contributed by atoms with van der Waals surface area (Å²) in [5.41, 5.74) is 0.660. The van der Waals surface area contributed by atoms with E-state index >= 15 is 0 Å². The molecule has 0 saturated heterocycles. The number of esters is 1. The lowest BCUT2D eigenvalue weighted by Crippen LogP contribution is -2.30. The zero-order valence-electron chi connectivity index (χ0n) is 18.3. The molecule has 2 heterocycles. The molecule has 2 N–H and O–H groups in total. The van der Waals surface area contributed by atoms with Crippen LogP contribution in [0.25, 0.3) is 0 Å². The van der Waals surface area contributed by atoms with Crippen molar-refractivity contribution in [3.63, 3.8) is 0 Å². The second kappa shape index (κ2) is 9.57. The third kappa shape index (κ3) is 5.17. The lowest BCUT2D eigenvalue weighted by Gasteiger charge is -2.17. The monoisotopic (exact) mass is 452 g/mol. The van der Waals surface area contributed by atoms with Gasteiger partial charge in [0.15, 0.2) is 10.9 Å². The normalized spacial score (nSPS) is 11.2. The van der Waals surface area contributed by atoms with Crippen molar-refractivity contribution < 1.29 is 18.8 Å². The van der Waals surface area contributed by atoms with Crippen molar-refractivity contribution in [1.82, 2.24) is 10.1 Å². The van der Waals surface area contributed by atoms with Crippen LogP contribution in [0, 0.1) is 6.92 Å². The first-order valence-corrected chi connectivity index (χ1v) is 10.8. The molecule has 0 atom stereocenters. The Hall–Kier alpha value is -2.46. The number of aromatic nitrogens is 1. The minimum Gasteiger partial charge on any atom is -0.465 e. The van der Waals surface area contributed by atoms with Gasteiger partial charge in [-0.2, -0.15) is 0 Å². The van der Waals surface area contributed by atoms with Crippen molar-refractivity contribution in [2.24, 2.45) is 0 Å². The number of anilines is 2. The molecule has 164 valence electrons. The summed E-state index contributed by atoms with van der Waals surface area (Å²) >= 11 is 6.54. The van der Waals surface area contributed by atoms with Gasteiger partial charge in [-0.25, -0.2) is 4.79 Å². The minimum absolute atomic E-state index is 0.133. The topological polar surface area (TPSA) is 96.7 Å². The molecule has 2 aromatic heterocycles. The van der Waals surface area contributed by atoms with E-state index in [0.717, 1.165) is 0 Å². The second-order valence-corrected chi connectivity index (χ2v) is 9.06. The van der Waals surface area contributed by atoms with Gasteiger partial charge in [-0.3, -0.25) is 4.79 Å². The van der Waals surface area contributed by atoms with Gasteiger partial charge in [0.2, 0.25) is 0 Å². The maximum absolute atomic E-state index is 12.9. The highest BCUT2D eigenvalue weighted by molar-refractivity contribution is 7.80. The number of hydrogen-bond acceptors (Lipinski definition) is 7. The number of nitrogens with one attached hydrogen (secondary N) is 2. The molecule has 0 aromatic carbocycles. The van der Waals surface area contributed by atoms with Crippen molar-refractivity contribution in [2.75, 3.05) is 30.8 Å². The largest absolute Gasteiger partial charge is 0.465 e. The highest BCUT2D eigenvalue weighted by atomic mass is 32.1. The molecule has 1 amide bonds. The summed E-state index contributed by atoms with van der Waals surface area (Å²) in [6, 6.07) is 1.77. The van der Waals surface area contributed by atoms with Crippen LogP contribution in [0.2, 0.25) is 0 Å². The Morgan fingerprint density at radius 1 is 1.27 bits per heavy atom. The van der Waals surface area contributed by atoms with E-state index in [0.29, 0.717) is 40.1 Å². The van der Waals surface area contributed by atoms with Crippen LogP contribution in [0.4, 0.5) is 10.8 Å². The fourth-order valence-corrected chi connectivity index (χ4v) is 4.18. The van der Waals surface area contributed by atoms with Crippen LogP contribution in [0.5, 0.6) is 0 Å². The van der Waals surface area contributed by atoms with Gasteiger partial charge >= 0.3 is 5.97 Å². The van der Waals surface area contributed by atoms with E-state index in [2.05, 4.69) is 15.8 Å². The van der Waals surface area contributed by atoms with E-state index < -0.39 is 5.97 Å². The van der Waals surface area contributed by atoms with Crippen LogP contribution in [0.1, 0.15) is 66.0 Å². The summed E-state index contributed by atoms with van der Waals surface area (Å²) in [7, 11) is 1.30. The quantitative estimate of drug-likeness (QED) is 0.491. The molecular weight excluding hydrogens is 424 g/mol. The molecule has 0 saturated carbocycles. The van der Waals surface area contributed by atoms with E-state index in [9.17, 15) is 9.59 Å². The average molecular weight is 453 g/mol. The molecule has 0 fully saturated rings. The maximum Gasteiger partial charge on any atom is 0.341 e. The van der Waals surface area contributed by atoms with E-state index in [1.54, 1.807) is 17.9 Å². The fraction of sp³-hybridized carbons (Fsp3) is 0.500. The lowest BCUT2D eigenvalue weighted by molar-refractivity contribution is 0.0601. The average Bonchev–Trinajstić information content (AvgIpc) is 3.26. The SMILES string of the molecule is CCN(CC)C(=O)c1sc(NC(=S)Nc2cc(C(C)(C)C)on2)c(C(=O)OC)c1C. The smallest absolute Gasteiger partial charge is 0.341 e. The molecule has 8 nitrogen and oxygen atoms in total. The first-order valence-electron chi connectivity index (χ1n) is 9.59. The van der Waals surface area contributed by atoms with Crippen LogP contribution in [-0.2, 0) is 10.2 Å². The zero-order valence-corrected chi connectivity index (χ0v) is 20.0. The van der Waals surface area contributed by atoms with Gasteiger partial charge in [-0.1, -0.05) is 25.9 Å². The van der Waals surface area contributed by atoms with Crippen molar-refractivity contribution in [3.8, 4) is 0 Å². The summed E-state index contributed by atoms with van der Waals surface area (Å²) in [4.78, 5) is 27.4. The first kappa shape index (κ1) is 23.8.